The molecule has 100 valence electrons. The summed E-state index contributed by atoms with van der Waals surface area (Å²) < 4.78 is 5.39. The van der Waals surface area contributed by atoms with Gasteiger partial charge < -0.3 is 15.8 Å². The van der Waals surface area contributed by atoms with Crippen molar-refractivity contribution in [1.29, 1.82) is 0 Å². The number of amides is 1. The van der Waals surface area contributed by atoms with Gasteiger partial charge in [-0.05, 0) is 35.6 Å². The average molecular weight is 250 g/mol. The Morgan fingerprint density at radius 1 is 1.44 bits per heavy atom. The fourth-order valence-electron chi connectivity index (χ4n) is 1.88. The minimum atomic E-state index is -0.342. The van der Waals surface area contributed by atoms with E-state index < -0.39 is 0 Å². The van der Waals surface area contributed by atoms with Crippen LogP contribution in [-0.2, 0) is 11.3 Å². The summed E-state index contributed by atoms with van der Waals surface area (Å²) in [5.74, 6) is 0.974. The highest BCUT2D eigenvalue weighted by Gasteiger charge is 2.11. The first kappa shape index (κ1) is 14.5. The van der Waals surface area contributed by atoms with Crippen LogP contribution >= 0.6 is 0 Å². The number of primary amides is 1. The number of benzene rings is 1. The van der Waals surface area contributed by atoms with Crippen LogP contribution in [0.5, 0.6) is 5.75 Å². The van der Waals surface area contributed by atoms with Crippen LogP contribution < -0.4 is 15.8 Å². The molecule has 3 N–H and O–H groups in total. The highest BCUT2D eigenvalue weighted by molar-refractivity contribution is 5.75. The third-order valence-electron chi connectivity index (χ3n) is 2.92. The van der Waals surface area contributed by atoms with Gasteiger partial charge in [-0.15, -0.1) is 0 Å². The fraction of sp³-hybridized carbons (Fsp3) is 0.500. The lowest BCUT2D eigenvalue weighted by Gasteiger charge is -2.16. The highest BCUT2D eigenvalue weighted by Crippen LogP contribution is 2.29. The molecule has 1 rings (SSSR count). The molecule has 0 saturated heterocycles. The van der Waals surface area contributed by atoms with Crippen molar-refractivity contribution in [1.82, 2.24) is 5.32 Å². The van der Waals surface area contributed by atoms with E-state index in [1.165, 1.54) is 11.1 Å². The molecule has 0 aliphatic rings. The zero-order chi connectivity index (χ0) is 13.7. The largest absolute Gasteiger partial charge is 0.496 e. The van der Waals surface area contributed by atoms with E-state index in [1.54, 1.807) is 7.11 Å². The summed E-state index contributed by atoms with van der Waals surface area (Å²) >= 11 is 0. The SMILES string of the molecule is COc1cc(C)c(CNCC(N)=O)cc1C(C)C. The van der Waals surface area contributed by atoms with Crippen molar-refractivity contribution in [3.05, 3.63) is 28.8 Å². The average Bonchev–Trinajstić information content (AvgIpc) is 2.29. The zero-order valence-electron chi connectivity index (χ0n) is 11.5. The van der Waals surface area contributed by atoms with Crippen molar-refractivity contribution < 1.29 is 9.53 Å². The summed E-state index contributed by atoms with van der Waals surface area (Å²) in [6.45, 7) is 7.14. The second-order valence-electron chi connectivity index (χ2n) is 4.75. The number of ether oxygens (including phenoxy) is 1. The number of rotatable bonds is 6. The summed E-state index contributed by atoms with van der Waals surface area (Å²) in [6.07, 6.45) is 0. The molecular weight excluding hydrogens is 228 g/mol. The van der Waals surface area contributed by atoms with Gasteiger partial charge in [-0.2, -0.15) is 0 Å². The molecule has 0 atom stereocenters. The summed E-state index contributed by atoms with van der Waals surface area (Å²) in [5.41, 5.74) is 8.59. The molecule has 0 heterocycles. The van der Waals surface area contributed by atoms with Gasteiger partial charge in [0.15, 0.2) is 0 Å². The van der Waals surface area contributed by atoms with Crippen LogP contribution in [0.15, 0.2) is 12.1 Å². The number of methoxy groups -OCH3 is 1. The zero-order valence-corrected chi connectivity index (χ0v) is 11.5. The van der Waals surface area contributed by atoms with E-state index in [0.29, 0.717) is 12.5 Å². The van der Waals surface area contributed by atoms with E-state index >= 15 is 0 Å². The molecule has 0 aliphatic heterocycles. The molecule has 1 amide bonds. The summed E-state index contributed by atoms with van der Waals surface area (Å²) in [6, 6.07) is 4.17. The quantitative estimate of drug-likeness (QED) is 0.807. The molecule has 0 bridgehead atoms. The topological polar surface area (TPSA) is 64.3 Å². The Balaban J connectivity index is 2.91. The van der Waals surface area contributed by atoms with Crippen molar-refractivity contribution in [2.75, 3.05) is 13.7 Å². The normalized spacial score (nSPS) is 10.7. The monoisotopic (exact) mass is 250 g/mol. The fourth-order valence-corrected chi connectivity index (χ4v) is 1.88. The Morgan fingerprint density at radius 3 is 2.61 bits per heavy atom. The van der Waals surface area contributed by atoms with E-state index in [2.05, 4.69) is 25.2 Å². The third-order valence-corrected chi connectivity index (χ3v) is 2.92. The van der Waals surface area contributed by atoms with E-state index in [1.807, 2.05) is 13.0 Å². The van der Waals surface area contributed by atoms with Crippen LogP contribution in [0.1, 0.15) is 36.5 Å². The van der Waals surface area contributed by atoms with Gasteiger partial charge in [0.1, 0.15) is 5.75 Å². The minimum Gasteiger partial charge on any atom is -0.496 e. The second kappa shape index (κ2) is 6.40. The van der Waals surface area contributed by atoms with Crippen LogP contribution in [0.2, 0.25) is 0 Å². The van der Waals surface area contributed by atoms with Gasteiger partial charge in [0.05, 0.1) is 13.7 Å². The Labute approximate surface area is 109 Å². The second-order valence-corrected chi connectivity index (χ2v) is 4.75. The van der Waals surface area contributed by atoms with Crippen LogP contribution in [-0.4, -0.2) is 19.6 Å². The highest BCUT2D eigenvalue weighted by atomic mass is 16.5. The first-order chi connectivity index (χ1) is 8.45. The van der Waals surface area contributed by atoms with Gasteiger partial charge in [-0.25, -0.2) is 0 Å². The predicted molar refractivity (Wildman–Crippen MR) is 72.7 cm³/mol. The lowest BCUT2D eigenvalue weighted by atomic mass is 9.96. The van der Waals surface area contributed by atoms with Crippen molar-refractivity contribution >= 4 is 5.91 Å². The number of carbonyl (C=O) groups is 1. The summed E-state index contributed by atoms with van der Waals surface area (Å²) in [4.78, 5) is 10.7. The van der Waals surface area contributed by atoms with E-state index in [4.69, 9.17) is 10.5 Å². The van der Waals surface area contributed by atoms with Crippen molar-refractivity contribution in [3.8, 4) is 5.75 Å². The van der Waals surface area contributed by atoms with E-state index in [9.17, 15) is 4.79 Å². The number of nitrogens with one attached hydrogen (secondary N) is 1. The maximum absolute atomic E-state index is 10.7. The van der Waals surface area contributed by atoms with Gasteiger partial charge in [-0.1, -0.05) is 19.9 Å². The lowest BCUT2D eigenvalue weighted by molar-refractivity contribution is -0.117. The molecular formula is C14H22N2O2. The predicted octanol–water partition coefficient (Wildman–Crippen LogP) is 1.70. The van der Waals surface area contributed by atoms with Crippen molar-refractivity contribution in [2.24, 2.45) is 5.73 Å². The summed E-state index contributed by atoms with van der Waals surface area (Å²) in [7, 11) is 1.69. The van der Waals surface area contributed by atoms with E-state index in [-0.39, 0.29) is 12.5 Å². The first-order valence-electron chi connectivity index (χ1n) is 6.12. The van der Waals surface area contributed by atoms with E-state index in [0.717, 1.165) is 11.3 Å². The number of nitrogens with two attached hydrogens (primary N) is 1. The van der Waals surface area contributed by atoms with Crippen LogP contribution in [0.4, 0.5) is 0 Å². The maximum atomic E-state index is 10.7. The molecule has 4 nitrogen and oxygen atoms in total. The summed E-state index contributed by atoms with van der Waals surface area (Å²) in [5, 5.41) is 3.03. The molecule has 0 saturated carbocycles. The molecule has 0 aliphatic carbocycles. The number of hydrogen-bond donors (Lipinski definition) is 2. The molecule has 1 aromatic carbocycles. The number of hydrogen-bond acceptors (Lipinski definition) is 3. The van der Waals surface area contributed by atoms with Crippen molar-refractivity contribution in [2.45, 2.75) is 33.2 Å². The third kappa shape index (κ3) is 3.74. The van der Waals surface area contributed by atoms with Gasteiger partial charge in [0.2, 0.25) is 5.91 Å². The first-order valence-corrected chi connectivity index (χ1v) is 6.12. The Morgan fingerprint density at radius 2 is 2.11 bits per heavy atom. The Kier molecular flexibility index (Phi) is 5.16. The molecule has 0 radical (unpaired) electrons. The molecule has 0 fully saturated rings. The molecule has 0 spiro atoms. The molecule has 1 aromatic rings. The van der Waals surface area contributed by atoms with Crippen LogP contribution in [0.25, 0.3) is 0 Å². The maximum Gasteiger partial charge on any atom is 0.231 e. The van der Waals surface area contributed by atoms with Crippen LogP contribution in [0, 0.1) is 6.92 Å². The van der Waals surface area contributed by atoms with Gasteiger partial charge >= 0.3 is 0 Å². The lowest BCUT2D eigenvalue weighted by Crippen LogP contribution is -2.28. The van der Waals surface area contributed by atoms with Gasteiger partial charge in [0.25, 0.3) is 0 Å². The Hall–Kier alpha value is -1.55. The number of aryl methyl sites for hydroxylation is 1. The number of carbonyl (C=O) groups excluding carboxylic acids is 1. The molecule has 0 unspecified atom stereocenters. The molecule has 18 heavy (non-hydrogen) atoms. The van der Waals surface area contributed by atoms with Gasteiger partial charge in [-0.3, -0.25) is 4.79 Å². The minimum absolute atomic E-state index is 0.197. The smallest absolute Gasteiger partial charge is 0.231 e. The molecule has 0 aromatic heterocycles. The molecule has 4 heteroatoms. The Bertz CT molecular complexity index is 428. The standard InChI is InChI=1S/C14H22N2O2/c1-9(2)12-6-11(7-16-8-14(15)17)10(3)5-13(12)18-4/h5-6,9,16H,7-8H2,1-4H3,(H2,15,17). The van der Waals surface area contributed by atoms with Gasteiger partial charge in [0, 0.05) is 6.54 Å². The van der Waals surface area contributed by atoms with Crippen LogP contribution in [0.3, 0.4) is 0 Å². The van der Waals surface area contributed by atoms with Crippen molar-refractivity contribution in [3.63, 3.8) is 0 Å².